The molecule has 3 nitrogen and oxygen atoms in total. The van der Waals surface area contributed by atoms with Crippen molar-refractivity contribution in [1.29, 1.82) is 0 Å². The number of halogens is 3. The highest BCUT2D eigenvalue weighted by atomic mass is 35.5. The van der Waals surface area contributed by atoms with Gasteiger partial charge in [-0.1, -0.05) is 17.7 Å². The number of ether oxygens (including phenoxy) is 1. The molecule has 1 fully saturated rings. The summed E-state index contributed by atoms with van der Waals surface area (Å²) in [6, 6.07) is 4.31. The lowest BCUT2D eigenvalue weighted by Gasteiger charge is -2.23. The molecule has 6 heteroatoms. The molecule has 0 bridgehead atoms. The zero-order valence-corrected chi connectivity index (χ0v) is 9.78. The summed E-state index contributed by atoms with van der Waals surface area (Å²) in [7, 11) is 0. The summed E-state index contributed by atoms with van der Waals surface area (Å²) in [5.41, 5.74) is 0.702. The molecule has 1 aromatic rings. The van der Waals surface area contributed by atoms with Gasteiger partial charge in [-0.2, -0.15) is 0 Å². The van der Waals surface area contributed by atoms with Gasteiger partial charge in [0.15, 0.2) is 0 Å². The van der Waals surface area contributed by atoms with Gasteiger partial charge in [0.25, 0.3) is 0 Å². The molecule has 1 aromatic carbocycles. The number of carbonyl (C=O) groups excluding carboxylic acids is 1. The van der Waals surface area contributed by atoms with Crippen LogP contribution in [0.25, 0.3) is 0 Å². The number of amides is 1. The van der Waals surface area contributed by atoms with Gasteiger partial charge in [0.2, 0.25) is 0 Å². The third-order valence-electron chi connectivity index (χ3n) is 2.28. The minimum Gasteiger partial charge on any atom is -0.449 e. The highest BCUT2D eigenvalue weighted by Gasteiger charge is 2.21. The Labute approximate surface area is 103 Å². The van der Waals surface area contributed by atoms with Gasteiger partial charge in [0.05, 0.1) is 17.7 Å². The van der Waals surface area contributed by atoms with Crippen LogP contribution in [-0.4, -0.2) is 12.7 Å². The Balaban J connectivity index is 0.00000128. The SMILES string of the molecule is Cl.O=C1N[C@H](c2ccc(Cl)c(F)c2)CCO1. The molecule has 0 unspecified atom stereocenters. The Morgan fingerprint density at radius 1 is 1.50 bits per heavy atom. The second-order valence-corrected chi connectivity index (χ2v) is 3.70. The number of alkyl carbamates (subject to hydrolysis) is 1. The molecule has 0 radical (unpaired) electrons. The van der Waals surface area contributed by atoms with E-state index in [9.17, 15) is 9.18 Å². The first-order chi connectivity index (χ1) is 7.16. The van der Waals surface area contributed by atoms with Gasteiger partial charge < -0.3 is 10.1 Å². The summed E-state index contributed by atoms with van der Waals surface area (Å²) in [4.78, 5) is 10.9. The number of hydrogen-bond donors (Lipinski definition) is 1. The van der Waals surface area contributed by atoms with Crippen molar-refractivity contribution in [3.63, 3.8) is 0 Å². The van der Waals surface area contributed by atoms with Crippen LogP contribution in [-0.2, 0) is 4.74 Å². The Hall–Kier alpha value is -1.00. The van der Waals surface area contributed by atoms with Crippen molar-refractivity contribution in [2.24, 2.45) is 0 Å². The van der Waals surface area contributed by atoms with Crippen LogP contribution in [0.4, 0.5) is 9.18 Å². The second-order valence-electron chi connectivity index (χ2n) is 3.30. The van der Waals surface area contributed by atoms with Crippen molar-refractivity contribution in [1.82, 2.24) is 5.32 Å². The summed E-state index contributed by atoms with van der Waals surface area (Å²) in [5.74, 6) is -0.477. The largest absolute Gasteiger partial charge is 0.449 e. The van der Waals surface area contributed by atoms with Crippen molar-refractivity contribution < 1.29 is 13.9 Å². The number of carbonyl (C=O) groups is 1. The number of nitrogens with one attached hydrogen (secondary N) is 1. The Morgan fingerprint density at radius 2 is 2.25 bits per heavy atom. The zero-order chi connectivity index (χ0) is 10.8. The maximum absolute atomic E-state index is 13.2. The normalized spacial score (nSPS) is 19.4. The standard InChI is InChI=1S/C10H9ClFNO2.ClH/c11-7-2-1-6(5-8(7)12)9-3-4-15-10(14)13-9;/h1-2,5,9H,3-4H2,(H,13,14);1H/t9-;/m0./s1. The van der Waals surface area contributed by atoms with Gasteiger partial charge >= 0.3 is 6.09 Å². The van der Waals surface area contributed by atoms with Crippen LogP contribution in [0, 0.1) is 5.82 Å². The monoisotopic (exact) mass is 265 g/mol. The Morgan fingerprint density at radius 3 is 2.88 bits per heavy atom. The van der Waals surface area contributed by atoms with E-state index >= 15 is 0 Å². The van der Waals surface area contributed by atoms with Gasteiger partial charge in [0, 0.05) is 6.42 Å². The molecule has 0 spiro atoms. The topological polar surface area (TPSA) is 38.3 Å². The average molecular weight is 266 g/mol. The fourth-order valence-corrected chi connectivity index (χ4v) is 1.62. The third-order valence-corrected chi connectivity index (χ3v) is 2.58. The lowest BCUT2D eigenvalue weighted by atomic mass is 10.0. The van der Waals surface area contributed by atoms with E-state index in [0.29, 0.717) is 18.6 Å². The minimum atomic E-state index is -0.477. The van der Waals surface area contributed by atoms with E-state index < -0.39 is 11.9 Å². The summed E-state index contributed by atoms with van der Waals surface area (Å²) in [5, 5.41) is 2.69. The number of rotatable bonds is 1. The van der Waals surface area contributed by atoms with Crippen LogP contribution in [0.3, 0.4) is 0 Å². The molecule has 1 amide bonds. The van der Waals surface area contributed by atoms with Crippen molar-refractivity contribution in [3.8, 4) is 0 Å². The van der Waals surface area contributed by atoms with Gasteiger partial charge in [-0.25, -0.2) is 9.18 Å². The van der Waals surface area contributed by atoms with Crippen LogP contribution in [0.1, 0.15) is 18.0 Å². The lowest BCUT2D eigenvalue weighted by molar-refractivity contribution is 0.115. The van der Waals surface area contributed by atoms with Crippen LogP contribution in [0.15, 0.2) is 18.2 Å². The molecule has 1 aliphatic heterocycles. The van der Waals surface area contributed by atoms with E-state index in [-0.39, 0.29) is 23.5 Å². The summed E-state index contributed by atoms with van der Waals surface area (Å²) >= 11 is 5.56. The first-order valence-corrected chi connectivity index (χ1v) is 4.93. The summed E-state index contributed by atoms with van der Waals surface area (Å²) in [6.07, 6.45) is 0.161. The predicted molar refractivity (Wildman–Crippen MR) is 60.5 cm³/mol. The van der Waals surface area contributed by atoms with Gasteiger partial charge in [-0.15, -0.1) is 12.4 Å². The smallest absolute Gasteiger partial charge is 0.407 e. The van der Waals surface area contributed by atoms with Crippen molar-refractivity contribution in [2.75, 3.05) is 6.61 Å². The molecule has 1 aliphatic rings. The molecule has 1 saturated heterocycles. The molecular formula is C10H10Cl2FNO2. The van der Waals surface area contributed by atoms with Gasteiger partial charge in [0.1, 0.15) is 5.82 Å². The predicted octanol–water partition coefficient (Wildman–Crippen LogP) is 3.07. The molecule has 1 atom stereocenters. The number of cyclic esters (lactones) is 1. The maximum atomic E-state index is 13.2. The molecule has 1 N–H and O–H groups in total. The Kier molecular flexibility index (Phi) is 4.38. The van der Waals surface area contributed by atoms with E-state index in [1.807, 2.05) is 0 Å². The maximum Gasteiger partial charge on any atom is 0.407 e. The fraction of sp³-hybridized carbons (Fsp3) is 0.300. The van der Waals surface area contributed by atoms with Crippen LogP contribution in [0.5, 0.6) is 0 Å². The molecular weight excluding hydrogens is 256 g/mol. The zero-order valence-electron chi connectivity index (χ0n) is 8.20. The molecule has 88 valence electrons. The molecule has 0 saturated carbocycles. The molecule has 16 heavy (non-hydrogen) atoms. The van der Waals surface area contributed by atoms with E-state index in [2.05, 4.69) is 5.32 Å². The quantitative estimate of drug-likeness (QED) is 0.848. The van der Waals surface area contributed by atoms with Gasteiger partial charge in [-0.3, -0.25) is 0 Å². The fourth-order valence-electron chi connectivity index (χ4n) is 1.50. The van der Waals surface area contributed by atoms with Crippen molar-refractivity contribution in [3.05, 3.63) is 34.6 Å². The van der Waals surface area contributed by atoms with Crippen molar-refractivity contribution >= 4 is 30.1 Å². The highest BCUT2D eigenvalue weighted by molar-refractivity contribution is 6.30. The Bertz CT molecular complexity index is 400. The van der Waals surface area contributed by atoms with E-state index in [1.54, 1.807) is 6.07 Å². The van der Waals surface area contributed by atoms with E-state index in [4.69, 9.17) is 16.3 Å². The van der Waals surface area contributed by atoms with Gasteiger partial charge in [-0.05, 0) is 17.7 Å². The summed E-state index contributed by atoms with van der Waals surface area (Å²) in [6.45, 7) is 0.348. The molecule has 0 aliphatic carbocycles. The van der Waals surface area contributed by atoms with Crippen molar-refractivity contribution in [2.45, 2.75) is 12.5 Å². The average Bonchev–Trinajstić information content (AvgIpc) is 2.22. The van der Waals surface area contributed by atoms with Crippen LogP contribution < -0.4 is 5.32 Å². The first-order valence-electron chi connectivity index (χ1n) is 4.55. The number of hydrogen-bond acceptors (Lipinski definition) is 2. The van der Waals surface area contributed by atoms with E-state index in [0.717, 1.165) is 0 Å². The molecule has 1 heterocycles. The van der Waals surface area contributed by atoms with Crippen LogP contribution >= 0.6 is 24.0 Å². The number of benzene rings is 1. The highest BCUT2D eigenvalue weighted by Crippen LogP contribution is 2.24. The molecule has 0 aromatic heterocycles. The first kappa shape index (κ1) is 13.1. The van der Waals surface area contributed by atoms with Crippen LogP contribution in [0.2, 0.25) is 5.02 Å². The van der Waals surface area contributed by atoms with E-state index in [1.165, 1.54) is 12.1 Å². The third kappa shape index (κ3) is 2.77. The second kappa shape index (κ2) is 5.37. The summed E-state index contributed by atoms with van der Waals surface area (Å²) < 4.78 is 17.9. The lowest BCUT2D eigenvalue weighted by Crippen LogP contribution is -2.35. The molecule has 2 rings (SSSR count). The minimum absolute atomic E-state index is 0.